The molecule has 1 heterocycles. The number of aryl methyl sites for hydroxylation is 2. The first-order chi connectivity index (χ1) is 9.47. The van der Waals surface area contributed by atoms with Crippen molar-refractivity contribution in [2.24, 2.45) is 0 Å². The zero-order valence-corrected chi connectivity index (χ0v) is 14.1. The van der Waals surface area contributed by atoms with Crippen molar-refractivity contribution < 1.29 is 0 Å². The lowest BCUT2D eigenvalue weighted by atomic mass is 10.1. The van der Waals surface area contributed by atoms with Crippen LogP contribution in [0.15, 0.2) is 29.0 Å². The van der Waals surface area contributed by atoms with E-state index in [2.05, 4.69) is 28.2 Å². The molecule has 0 radical (unpaired) electrons. The molecule has 2 aromatic rings. The van der Waals surface area contributed by atoms with Crippen LogP contribution in [0.5, 0.6) is 0 Å². The minimum atomic E-state index is 0.671. The van der Waals surface area contributed by atoms with Crippen molar-refractivity contribution in [3.05, 3.63) is 50.7 Å². The quantitative estimate of drug-likeness (QED) is 0.813. The molecule has 0 atom stereocenters. The number of halogens is 1. The van der Waals surface area contributed by atoms with Crippen molar-refractivity contribution >= 4 is 46.0 Å². The Morgan fingerprint density at radius 2 is 2.15 bits per heavy atom. The number of thiophene rings is 1. The third kappa shape index (κ3) is 3.72. The van der Waals surface area contributed by atoms with Crippen molar-refractivity contribution in [3.8, 4) is 0 Å². The Morgan fingerprint density at radius 3 is 2.75 bits per heavy atom. The predicted octanol–water partition coefficient (Wildman–Crippen LogP) is 4.85. The highest BCUT2D eigenvalue weighted by atomic mass is 35.5. The summed E-state index contributed by atoms with van der Waals surface area (Å²) in [5.41, 5.74) is 4.39. The molecule has 0 fully saturated rings. The molecule has 0 saturated carbocycles. The lowest BCUT2D eigenvalue weighted by molar-refractivity contribution is 0.509. The third-order valence-electron chi connectivity index (χ3n) is 3.01. The van der Waals surface area contributed by atoms with Gasteiger partial charge in [0.25, 0.3) is 0 Å². The summed E-state index contributed by atoms with van der Waals surface area (Å²) in [6.07, 6.45) is 0. The molecule has 0 amide bonds. The Balaban J connectivity index is 2.08. The van der Waals surface area contributed by atoms with E-state index in [0.29, 0.717) is 10.1 Å². The van der Waals surface area contributed by atoms with Gasteiger partial charge in [0.1, 0.15) is 0 Å². The predicted molar refractivity (Wildman–Crippen MR) is 92.9 cm³/mol. The highest BCUT2D eigenvalue weighted by molar-refractivity contribution is 7.80. The van der Waals surface area contributed by atoms with E-state index < -0.39 is 0 Å². The van der Waals surface area contributed by atoms with Gasteiger partial charge in [-0.3, -0.25) is 0 Å². The van der Waals surface area contributed by atoms with Gasteiger partial charge in [0.2, 0.25) is 0 Å². The molecule has 0 aliphatic heterocycles. The molecule has 5 heteroatoms. The van der Waals surface area contributed by atoms with E-state index in [1.165, 1.54) is 5.56 Å². The third-order valence-corrected chi connectivity index (χ3v) is 4.45. The van der Waals surface area contributed by atoms with Gasteiger partial charge in [-0.25, -0.2) is 0 Å². The van der Waals surface area contributed by atoms with Gasteiger partial charge in [-0.2, -0.15) is 11.3 Å². The normalized spacial score (nSPS) is 10.4. The number of rotatable bonds is 3. The van der Waals surface area contributed by atoms with Gasteiger partial charge in [-0.05, 0) is 65.6 Å². The summed E-state index contributed by atoms with van der Waals surface area (Å²) in [7, 11) is 1.98. The van der Waals surface area contributed by atoms with Crippen LogP contribution in [-0.2, 0) is 6.54 Å². The van der Waals surface area contributed by atoms with Gasteiger partial charge in [0, 0.05) is 13.6 Å². The second-order valence-corrected chi connectivity index (χ2v) is 6.43. The van der Waals surface area contributed by atoms with E-state index in [4.69, 9.17) is 23.8 Å². The average Bonchev–Trinajstić information content (AvgIpc) is 2.86. The van der Waals surface area contributed by atoms with Crippen molar-refractivity contribution in [2.75, 3.05) is 12.4 Å². The molecule has 20 heavy (non-hydrogen) atoms. The zero-order valence-electron chi connectivity index (χ0n) is 11.7. The monoisotopic (exact) mass is 324 g/mol. The number of anilines is 1. The molecule has 0 spiro atoms. The number of hydrogen-bond acceptors (Lipinski definition) is 2. The maximum absolute atomic E-state index is 6.29. The average molecular weight is 325 g/mol. The largest absolute Gasteiger partial charge is 0.348 e. The lowest BCUT2D eigenvalue weighted by Crippen LogP contribution is -2.30. The summed E-state index contributed by atoms with van der Waals surface area (Å²) >= 11 is 13.4. The van der Waals surface area contributed by atoms with Crippen LogP contribution in [0.2, 0.25) is 5.02 Å². The van der Waals surface area contributed by atoms with Crippen molar-refractivity contribution in [3.63, 3.8) is 0 Å². The van der Waals surface area contributed by atoms with E-state index in [1.807, 2.05) is 31.9 Å². The van der Waals surface area contributed by atoms with Gasteiger partial charge in [0.05, 0.1) is 10.7 Å². The maximum Gasteiger partial charge on any atom is 0.173 e. The zero-order chi connectivity index (χ0) is 14.7. The summed E-state index contributed by atoms with van der Waals surface area (Å²) in [6.45, 7) is 4.85. The summed E-state index contributed by atoms with van der Waals surface area (Å²) < 4.78 is 0. The van der Waals surface area contributed by atoms with Crippen molar-refractivity contribution in [1.82, 2.24) is 4.90 Å². The molecule has 1 aromatic heterocycles. The molecule has 0 aliphatic carbocycles. The van der Waals surface area contributed by atoms with Crippen LogP contribution in [0.3, 0.4) is 0 Å². The Morgan fingerprint density at radius 1 is 1.40 bits per heavy atom. The first kappa shape index (κ1) is 15.3. The molecule has 2 rings (SSSR count). The van der Waals surface area contributed by atoms with Crippen LogP contribution in [0, 0.1) is 13.8 Å². The van der Waals surface area contributed by atoms with E-state index in [9.17, 15) is 0 Å². The van der Waals surface area contributed by atoms with Crippen LogP contribution in [-0.4, -0.2) is 17.1 Å². The highest BCUT2D eigenvalue weighted by Gasteiger charge is 2.10. The fourth-order valence-electron chi connectivity index (χ4n) is 2.00. The minimum Gasteiger partial charge on any atom is -0.348 e. The summed E-state index contributed by atoms with van der Waals surface area (Å²) in [6, 6.07) is 6.14. The van der Waals surface area contributed by atoms with Crippen LogP contribution in [0.1, 0.15) is 16.7 Å². The van der Waals surface area contributed by atoms with Crippen LogP contribution in [0.4, 0.5) is 5.69 Å². The van der Waals surface area contributed by atoms with Crippen molar-refractivity contribution in [2.45, 2.75) is 20.4 Å². The summed E-state index contributed by atoms with van der Waals surface area (Å²) in [4.78, 5) is 2.01. The number of benzene rings is 1. The topological polar surface area (TPSA) is 15.3 Å². The molecule has 0 aliphatic rings. The molecule has 2 nitrogen and oxygen atoms in total. The second kappa shape index (κ2) is 6.57. The molecule has 0 bridgehead atoms. The molecule has 0 saturated heterocycles. The van der Waals surface area contributed by atoms with Gasteiger partial charge in [0.15, 0.2) is 5.11 Å². The second-order valence-electron chi connectivity index (χ2n) is 4.86. The first-order valence-corrected chi connectivity index (χ1v) is 8.00. The minimum absolute atomic E-state index is 0.671. The summed E-state index contributed by atoms with van der Waals surface area (Å²) in [5.74, 6) is 0. The SMILES string of the molecule is Cc1cc(C)c(NC(=S)N(C)Cc2ccsc2)c(Cl)c1. The standard InChI is InChI=1S/C15H17ClN2S2/c1-10-6-11(2)14(13(16)7-10)17-15(19)18(3)8-12-4-5-20-9-12/h4-7,9H,8H2,1-3H3,(H,17,19). The fourth-order valence-corrected chi connectivity index (χ4v) is 3.20. The van der Waals surface area contributed by atoms with Gasteiger partial charge in [-0.15, -0.1) is 0 Å². The van der Waals surface area contributed by atoms with E-state index >= 15 is 0 Å². The Hall–Kier alpha value is -1.10. The smallest absolute Gasteiger partial charge is 0.173 e. The Kier molecular flexibility index (Phi) is 5.02. The molecule has 106 valence electrons. The maximum atomic E-state index is 6.29. The van der Waals surface area contributed by atoms with Crippen LogP contribution >= 0.6 is 35.2 Å². The Labute approximate surface area is 134 Å². The number of nitrogens with one attached hydrogen (secondary N) is 1. The molecular formula is C15H17ClN2S2. The van der Waals surface area contributed by atoms with Gasteiger partial charge < -0.3 is 10.2 Å². The first-order valence-electron chi connectivity index (χ1n) is 6.27. The highest BCUT2D eigenvalue weighted by Crippen LogP contribution is 2.27. The van der Waals surface area contributed by atoms with E-state index in [-0.39, 0.29) is 0 Å². The van der Waals surface area contributed by atoms with Gasteiger partial charge in [-0.1, -0.05) is 17.7 Å². The number of hydrogen-bond donors (Lipinski definition) is 1. The fraction of sp³-hybridized carbons (Fsp3) is 0.267. The van der Waals surface area contributed by atoms with E-state index in [0.717, 1.165) is 23.4 Å². The molecule has 1 N–H and O–H groups in total. The van der Waals surface area contributed by atoms with Crippen LogP contribution in [0.25, 0.3) is 0 Å². The summed E-state index contributed by atoms with van der Waals surface area (Å²) in [5, 5.41) is 8.82. The number of nitrogens with zero attached hydrogens (tertiary/aromatic N) is 1. The lowest BCUT2D eigenvalue weighted by Gasteiger charge is -2.22. The van der Waals surface area contributed by atoms with Crippen molar-refractivity contribution in [1.29, 1.82) is 0 Å². The number of thiocarbonyl (C=S) groups is 1. The molecule has 0 unspecified atom stereocenters. The molecular weight excluding hydrogens is 308 g/mol. The molecule has 1 aromatic carbocycles. The Bertz CT molecular complexity index is 585. The van der Waals surface area contributed by atoms with E-state index in [1.54, 1.807) is 11.3 Å². The van der Waals surface area contributed by atoms with Crippen LogP contribution < -0.4 is 5.32 Å². The van der Waals surface area contributed by atoms with Gasteiger partial charge >= 0.3 is 0 Å².